The molecule has 1 rings (SSSR count). The van der Waals surface area contributed by atoms with Gasteiger partial charge in [-0.15, -0.1) is 0 Å². The van der Waals surface area contributed by atoms with Crippen molar-refractivity contribution in [3.05, 3.63) is 0 Å². The quantitative estimate of drug-likeness (QED) is 0.461. The zero-order valence-corrected chi connectivity index (χ0v) is 8.62. The molecular formula is C9H12N2O3. The van der Waals surface area contributed by atoms with E-state index in [9.17, 15) is 14.4 Å². The molecule has 0 saturated carbocycles. The smallest absolute Gasteiger partial charge is 0.262 e. The Hall–Kier alpha value is -1.52. The van der Waals surface area contributed by atoms with Crippen LogP contribution >= 0.6 is 0 Å². The Labute approximate surface area is 81.8 Å². The summed E-state index contributed by atoms with van der Waals surface area (Å²) < 4.78 is 0. The summed E-state index contributed by atoms with van der Waals surface area (Å²) in [4.78, 5) is 34.1. The van der Waals surface area contributed by atoms with Crippen molar-refractivity contribution in [1.29, 1.82) is 0 Å². The highest BCUT2D eigenvalue weighted by Gasteiger charge is 2.51. The molecule has 0 saturated heterocycles. The minimum atomic E-state index is -1.39. The molecule has 1 amide bonds. The molecule has 0 spiro atoms. The number of hydrazone groups is 1. The molecule has 0 aromatic carbocycles. The van der Waals surface area contributed by atoms with E-state index in [-0.39, 0.29) is 0 Å². The highest BCUT2D eigenvalue weighted by Crippen LogP contribution is 2.29. The zero-order chi connectivity index (χ0) is 11.1. The summed E-state index contributed by atoms with van der Waals surface area (Å²) in [6.45, 7) is 4.16. The standard InChI is InChI=1S/C9H12N2O3/c1-5(12)7(13)9(3)6(2)10-11(4)8(9)14/h1-4H3. The van der Waals surface area contributed by atoms with Gasteiger partial charge in [-0.05, 0) is 13.8 Å². The Bertz CT molecular complexity index is 359. The topological polar surface area (TPSA) is 66.8 Å². The molecule has 1 aliphatic rings. The van der Waals surface area contributed by atoms with Crippen LogP contribution in [0.2, 0.25) is 0 Å². The summed E-state index contributed by atoms with van der Waals surface area (Å²) in [5.74, 6) is -1.77. The van der Waals surface area contributed by atoms with Gasteiger partial charge in [-0.25, -0.2) is 5.01 Å². The summed E-state index contributed by atoms with van der Waals surface area (Å²) in [5, 5.41) is 4.95. The summed E-state index contributed by atoms with van der Waals surface area (Å²) >= 11 is 0. The SMILES string of the molecule is CC(=O)C(=O)C1(C)C(=O)N(C)N=C1C. The van der Waals surface area contributed by atoms with Crippen LogP contribution in [-0.2, 0) is 14.4 Å². The molecule has 5 nitrogen and oxygen atoms in total. The van der Waals surface area contributed by atoms with Crippen molar-refractivity contribution in [1.82, 2.24) is 5.01 Å². The van der Waals surface area contributed by atoms with Crippen molar-refractivity contribution in [3.63, 3.8) is 0 Å². The van der Waals surface area contributed by atoms with E-state index in [0.717, 1.165) is 11.9 Å². The number of hydrogen-bond donors (Lipinski definition) is 0. The number of carbonyl (C=O) groups is 3. The summed E-state index contributed by atoms with van der Waals surface area (Å²) in [6.07, 6.45) is 0. The van der Waals surface area contributed by atoms with Gasteiger partial charge in [-0.1, -0.05) is 0 Å². The molecule has 0 aromatic rings. The Morgan fingerprint density at radius 2 is 1.93 bits per heavy atom. The van der Waals surface area contributed by atoms with Gasteiger partial charge in [-0.3, -0.25) is 14.4 Å². The molecule has 0 N–H and O–H groups in total. The van der Waals surface area contributed by atoms with Crippen LogP contribution in [0.5, 0.6) is 0 Å². The van der Waals surface area contributed by atoms with Crippen LogP contribution in [0.1, 0.15) is 20.8 Å². The second kappa shape index (κ2) is 3.01. The minimum Gasteiger partial charge on any atom is -0.291 e. The maximum atomic E-state index is 11.6. The first kappa shape index (κ1) is 10.6. The van der Waals surface area contributed by atoms with E-state index in [1.807, 2.05) is 0 Å². The number of nitrogens with zero attached hydrogens (tertiary/aromatic N) is 2. The molecule has 1 heterocycles. The fraction of sp³-hybridized carbons (Fsp3) is 0.556. The van der Waals surface area contributed by atoms with E-state index in [4.69, 9.17) is 0 Å². The maximum absolute atomic E-state index is 11.6. The van der Waals surface area contributed by atoms with Gasteiger partial charge < -0.3 is 0 Å². The number of carbonyl (C=O) groups excluding carboxylic acids is 3. The van der Waals surface area contributed by atoms with Gasteiger partial charge in [0.05, 0.1) is 5.71 Å². The van der Waals surface area contributed by atoms with Crippen molar-refractivity contribution < 1.29 is 14.4 Å². The minimum absolute atomic E-state index is 0.366. The molecule has 0 aromatic heterocycles. The van der Waals surface area contributed by atoms with Crippen LogP contribution in [0.3, 0.4) is 0 Å². The normalized spacial score (nSPS) is 26.4. The average Bonchev–Trinajstić information content (AvgIpc) is 2.30. The van der Waals surface area contributed by atoms with Crippen LogP contribution in [0, 0.1) is 5.41 Å². The Morgan fingerprint density at radius 1 is 1.43 bits per heavy atom. The highest BCUT2D eigenvalue weighted by molar-refractivity contribution is 6.48. The second-order valence-electron chi connectivity index (χ2n) is 3.52. The lowest BCUT2D eigenvalue weighted by atomic mass is 9.79. The fourth-order valence-corrected chi connectivity index (χ4v) is 1.46. The molecule has 1 unspecified atom stereocenters. The number of hydrogen-bond acceptors (Lipinski definition) is 4. The Kier molecular flexibility index (Phi) is 2.27. The van der Waals surface area contributed by atoms with Crippen molar-refractivity contribution in [2.45, 2.75) is 20.8 Å². The van der Waals surface area contributed by atoms with Crippen LogP contribution in [0.4, 0.5) is 0 Å². The molecule has 1 atom stereocenters. The molecule has 0 aliphatic carbocycles. The van der Waals surface area contributed by atoms with Crippen molar-refractivity contribution in [2.24, 2.45) is 10.5 Å². The monoisotopic (exact) mass is 196 g/mol. The number of ketones is 2. The first-order valence-electron chi connectivity index (χ1n) is 4.21. The van der Waals surface area contributed by atoms with E-state index in [0.29, 0.717) is 5.71 Å². The van der Waals surface area contributed by atoms with E-state index in [1.165, 1.54) is 14.0 Å². The molecule has 14 heavy (non-hydrogen) atoms. The maximum Gasteiger partial charge on any atom is 0.262 e. The average molecular weight is 196 g/mol. The molecule has 0 fully saturated rings. The molecule has 0 radical (unpaired) electrons. The molecule has 1 aliphatic heterocycles. The summed E-state index contributed by atoms with van der Waals surface area (Å²) in [6, 6.07) is 0. The van der Waals surface area contributed by atoms with Gasteiger partial charge in [0.1, 0.15) is 0 Å². The Balaban J connectivity index is 3.19. The largest absolute Gasteiger partial charge is 0.291 e. The van der Waals surface area contributed by atoms with E-state index in [2.05, 4.69) is 5.10 Å². The first-order chi connectivity index (χ1) is 6.31. The van der Waals surface area contributed by atoms with Gasteiger partial charge in [0.2, 0.25) is 5.78 Å². The molecular weight excluding hydrogens is 184 g/mol. The third kappa shape index (κ3) is 1.16. The van der Waals surface area contributed by atoms with E-state index < -0.39 is 22.9 Å². The molecule has 0 bridgehead atoms. The highest BCUT2D eigenvalue weighted by atomic mass is 16.2. The zero-order valence-electron chi connectivity index (χ0n) is 8.62. The van der Waals surface area contributed by atoms with Gasteiger partial charge >= 0.3 is 0 Å². The first-order valence-corrected chi connectivity index (χ1v) is 4.21. The van der Waals surface area contributed by atoms with Crippen molar-refractivity contribution in [3.8, 4) is 0 Å². The van der Waals surface area contributed by atoms with Crippen molar-refractivity contribution >= 4 is 23.2 Å². The molecule has 76 valence electrons. The summed E-state index contributed by atoms with van der Waals surface area (Å²) in [7, 11) is 1.46. The van der Waals surface area contributed by atoms with Crippen LogP contribution < -0.4 is 0 Å². The lowest BCUT2D eigenvalue weighted by Crippen LogP contribution is -2.45. The number of rotatable bonds is 2. The number of Topliss-reactive ketones (excluding diaryl/α,β-unsaturated/α-hetero) is 2. The van der Waals surface area contributed by atoms with Crippen LogP contribution in [0.15, 0.2) is 5.10 Å². The summed E-state index contributed by atoms with van der Waals surface area (Å²) in [5.41, 5.74) is -1.02. The second-order valence-corrected chi connectivity index (χ2v) is 3.52. The van der Waals surface area contributed by atoms with E-state index >= 15 is 0 Å². The van der Waals surface area contributed by atoms with Gasteiger partial charge in [0.15, 0.2) is 11.2 Å². The lowest BCUT2D eigenvalue weighted by Gasteiger charge is -2.18. The van der Waals surface area contributed by atoms with Crippen LogP contribution in [0.25, 0.3) is 0 Å². The van der Waals surface area contributed by atoms with Crippen LogP contribution in [-0.4, -0.2) is 35.2 Å². The predicted octanol–water partition coefficient (Wildman–Crippen LogP) is -0.00130. The predicted molar refractivity (Wildman–Crippen MR) is 49.7 cm³/mol. The lowest BCUT2D eigenvalue weighted by molar-refractivity contribution is -0.146. The van der Waals surface area contributed by atoms with E-state index in [1.54, 1.807) is 6.92 Å². The van der Waals surface area contributed by atoms with Gasteiger partial charge in [-0.2, -0.15) is 5.10 Å². The van der Waals surface area contributed by atoms with Crippen molar-refractivity contribution in [2.75, 3.05) is 7.05 Å². The third-order valence-electron chi connectivity index (χ3n) is 2.52. The van der Waals surface area contributed by atoms with Gasteiger partial charge in [0.25, 0.3) is 5.91 Å². The molecule has 5 heteroatoms. The third-order valence-corrected chi connectivity index (χ3v) is 2.52. The Morgan fingerprint density at radius 3 is 2.21 bits per heavy atom. The fourth-order valence-electron chi connectivity index (χ4n) is 1.46. The number of amides is 1. The van der Waals surface area contributed by atoms with Gasteiger partial charge in [0, 0.05) is 14.0 Å².